The molecule has 0 amide bonds. The van der Waals surface area contributed by atoms with E-state index >= 15 is 0 Å². The molecule has 0 heterocycles. The first kappa shape index (κ1) is 12.4. The number of nitrogens with one attached hydrogen (secondary N) is 1. The average Bonchev–Trinajstić information content (AvgIpc) is 2.18. The molecule has 1 N–H and O–H groups in total. The van der Waals surface area contributed by atoms with Gasteiger partial charge in [0.15, 0.2) is 0 Å². The van der Waals surface area contributed by atoms with Crippen molar-refractivity contribution in [3.05, 3.63) is 22.7 Å². The van der Waals surface area contributed by atoms with Crippen molar-refractivity contribution < 1.29 is 0 Å². The van der Waals surface area contributed by atoms with Crippen molar-refractivity contribution in [3.8, 4) is 0 Å². The summed E-state index contributed by atoms with van der Waals surface area (Å²) in [5.74, 6) is 0. The van der Waals surface area contributed by atoms with E-state index in [-0.39, 0.29) is 0 Å². The summed E-state index contributed by atoms with van der Waals surface area (Å²) >= 11 is 3.50. The minimum atomic E-state index is 1.04. The maximum atomic E-state index is 3.50. The molecule has 15 heavy (non-hydrogen) atoms. The standard InChI is InChI=1S/C12H19BrN2/c1-4-5-8-14-11-9-10(13)6-7-12(11)15(2)3/h6-7,9,14H,4-5,8H2,1-3H3. The van der Waals surface area contributed by atoms with E-state index in [1.807, 2.05) is 0 Å². The molecule has 0 fully saturated rings. The molecule has 0 unspecified atom stereocenters. The number of halogens is 1. The molecule has 0 aliphatic heterocycles. The third-order valence-electron chi connectivity index (χ3n) is 2.29. The van der Waals surface area contributed by atoms with Gasteiger partial charge in [0.2, 0.25) is 0 Å². The van der Waals surface area contributed by atoms with Gasteiger partial charge in [-0.3, -0.25) is 0 Å². The number of hydrogen-bond acceptors (Lipinski definition) is 2. The van der Waals surface area contributed by atoms with Gasteiger partial charge in [0, 0.05) is 25.1 Å². The highest BCUT2D eigenvalue weighted by molar-refractivity contribution is 9.10. The van der Waals surface area contributed by atoms with E-state index < -0.39 is 0 Å². The highest BCUT2D eigenvalue weighted by atomic mass is 79.9. The van der Waals surface area contributed by atoms with E-state index in [9.17, 15) is 0 Å². The molecule has 2 nitrogen and oxygen atoms in total. The molecule has 3 heteroatoms. The zero-order valence-corrected chi connectivity index (χ0v) is 11.3. The lowest BCUT2D eigenvalue weighted by Gasteiger charge is -2.18. The SMILES string of the molecule is CCCCNc1cc(Br)ccc1N(C)C. The van der Waals surface area contributed by atoms with Gasteiger partial charge in [0.25, 0.3) is 0 Å². The van der Waals surface area contributed by atoms with Crippen molar-refractivity contribution in [1.82, 2.24) is 0 Å². The third kappa shape index (κ3) is 3.74. The molecule has 1 aromatic rings. The van der Waals surface area contributed by atoms with E-state index in [1.165, 1.54) is 24.2 Å². The number of hydrogen-bond donors (Lipinski definition) is 1. The van der Waals surface area contributed by atoms with Crippen LogP contribution < -0.4 is 10.2 Å². The fourth-order valence-electron chi connectivity index (χ4n) is 1.44. The van der Waals surface area contributed by atoms with Gasteiger partial charge in [0.05, 0.1) is 11.4 Å². The zero-order valence-electron chi connectivity index (χ0n) is 9.68. The second kappa shape index (κ2) is 6.01. The Bertz CT molecular complexity index is 310. The van der Waals surface area contributed by atoms with Crippen LogP contribution in [0.1, 0.15) is 19.8 Å². The lowest BCUT2D eigenvalue weighted by Crippen LogP contribution is -2.12. The summed E-state index contributed by atoms with van der Waals surface area (Å²) in [5.41, 5.74) is 2.43. The predicted octanol–water partition coefficient (Wildman–Crippen LogP) is 3.73. The number of rotatable bonds is 5. The van der Waals surface area contributed by atoms with Gasteiger partial charge >= 0.3 is 0 Å². The van der Waals surface area contributed by atoms with Gasteiger partial charge in [-0.25, -0.2) is 0 Å². The van der Waals surface area contributed by atoms with Crippen molar-refractivity contribution >= 4 is 27.3 Å². The van der Waals surface area contributed by atoms with Gasteiger partial charge < -0.3 is 10.2 Å². The fraction of sp³-hybridized carbons (Fsp3) is 0.500. The van der Waals surface area contributed by atoms with E-state index in [1.54, 1.807) is 0 Å². The Morgan fingerprint density at radius 2 is 2.07 bits per heavy atom. The van der Waals surface area contributed by atoms with Crippen LogP contribution in [0, 0.1) is 0 Å². The van der Waals surface area contributed by atoms with Crippen LogP contribution in [-0.4, -0.2) is 20.6 Å². The summed E-state index contributed by atoms with van der Waals surface area (Å²) in [6.07, 6.45) is 2.43. The Morgan fingerprint density at radius 1 is 1.33 bits per heavy atom. The van der Waals surface area contributed by atoms with Crippen LogP contribution in [0.4, 0.5) is 11.4 Å². The second-order valence-electron chi connectivity index (χ2n) is 3.84. The van der Waals surface area contributed by atoms with Gasteiger partial charge in [-0.05, 0) is 24.6 Å². The lowest BCUT2D eigenvalue weighted by atomic mass is 10.2. The third-order valence-corrected chi connectivity index (χ3v) is 2.78. The van der Waals surface area contributed by atoms with Gasteiger partial charge in [-0.2, -0.15) is 0 Å². The zero-order chi connectivity index (χ0) is 11.3. The fourth-order valence-corrected chi connectivity index (χ4v) is 1.80. The maximum Gasteiger partial charge on any atom is 0.0597 e. The Labute approximate surface area is 101 Å². The molecular weight excluding hydrogens is 252 g/mol. The van der Waals surface area contributed by atoms with Crippen LogP contribution in [0.3, 0.4) is 0 Å². The Kier molecular flexibility index (Phi) is 4.95. The number of anilines is 2. The van der Waals surface area contributed by atoms with E-state index in [2.05, 4.69) is 65.4 Å². The molecule has 0 bridgehead atoms. The average molecular weight is 271 g/mol. The summed E-state index contributed by atoms with van der Waals surface area (Å²) in [6.45, 7) is 3.24. The monoisotopic (exact) mass is 270 g/mol. The van der Waals surface area contributed by atoms with Crippen LogP contribution in [0.5, 0.6) is 0 Å². The summed E-state index contributed by atoms with van der Waals surface area (Å²) < 4.78 is 1.12. The molecule has 0 radical (unpaired) electrons. The summed E-state index contributed by atoms with van der Waals surface area (Å²) in [7, 11) is 4.13. The van der Waals surface area contributed by atoms with Crippen molar-refractivity contribution in [2.45, 2.75) is 19.8 Å². The second-order valence-corrected chi connectivity index (χ2v) is 4.75. The normalized spacial score (nSPS) is 10.1. The smallest absolute Gasteiger partial charge is 0.0597 e. The van der Waals surface area contributed by atoms with Crippen LogP contribution in [0.25, 0.3) is 0 Å². The quantitative estimate of drug-likeness (QED) is 0.821. The van der Waals surface area contributed by atoms with Crippen molar-refractivity contribution in [2.75, 3.05) is 30.9 Å². The molecule has 0 spiro atoms. The van der Waals surface area contributed by atoms with E-state index in [4.69, 9.17) is 0 Å². The molecule has 0 aromatic heterocycles. The topological polar surface area (TPSA) is 15.3 Å². The van der Waals surface area contributed by atoms with Gasteiger partial charge in [0.1, 0.15) is 0 Å². The molecule has 1 aromatic carbocycles. The molecule has 0 saturated carbocycles. The van der Waals surface area contributed by atoms with Crippen molar-refractivity contribution in [1.29, 1.82) is 0 Å². The van der Waals surface area contributed by atoms with E-state index in [0.717, 1.165) is 11.0 Å². The Morgan fingerprint density at radius 3 is 2.67 bits per heavy atom. The highest BCUT2D eigenvalue weighted by Gasteiger charge is 2.03. The molecule has 1 rings (SSSR count). The predicted molar refractivity (Wildman–Crippen MR) is 71.9 cm³/mol. The minimum Gasteiger partial charge on any atom is -0.383 e. The largest absolute Gasteiger partial charge is 0.383 e. The Balaban J connectivity index is 2.77. The van der Waals surface area contributed by atoms with E-state index in [0.29, 0.717) is 0 Å². The molecule has 84 valence electrons. The highest BCUT2D eigenvalue weighted by Crippen LogP contribution is 2.27. The van der Waals surface area contributed by atoms with Crippen molar-refractivity contribution in [2.24, 2.45) is 0 Å². The molecule has 0 atom stereocenters. The Hall–Kier alpha value is -0.700. The molecular formula is C12H19BrN2. The maximum absolute atomic E-state index is 3.50. The summed E-state index contributed by atoms with van der Waals surface area (Å²) in [5, 5.41) is 3.46. The van der Waals surface area contributed by atoms with Crippen LogP contribution in [0.2, 0.25) is 0 Å². The van der Waals surface area contributed by atoms with Gasteiger partial charge in [-0.15, -0.1) is 0 Å². The molecule has 0 aliphatic carbocycles. The minimum absolute atomic E-state index is 1.04. The first-order valence-corrected chi connectivity index (χ1v) is 6.15. The van der Waals surface area contributed by atoms with Crippen molar-refractivity contribution in [3.63, 3.8) is 0 Å². The lowest BCUT2D eigenvalue weighted by molar-refractivity contribution is 0.834. The molecule has 0 aliphatic rings. The van der Waals surface area contributed by atoms with Gasteiger partial charge in [-0.1, -0.05) is 29.3 Å². The van der Waals surface area contributed by atoms with Crippen LogP contribution in [-0.2, 0) is 0 Å². The first-order chi connectivity index (χ1) is 7.15. The van der Waals surface area contributed by atoms with Crippen LogP contribution in [0.15, 0.2) is 22.7 Å². The summed E-state index contributed by atoms with van der Waals surface area (Å²) in [6, 6.07) is 6.32. The first-order valence-electron chi connectivity index (χ1n) is 5.36. The number of unbranched alkanes of at least 4 members (excludes halogenated alkanes) is 1. The van der Waals surface area contributed by atoms with Crippen LogP contribution >= 0.6 is 15.9 Å². The molecule has 0 saturated heterocycles. The number of nitrogens with zero attached hydrogens (tertiary/aromatic N) is 1. The summed E-state index contributed by atoms with van der Waals surface area (Å²) in [4.78, 5) is 2.13. The number of benzene rings is 1.